The summed E-state index contributed by atoms with van der Waals surface area (Å²) in [7, 11) is 0. The van der Waals surface area contributed by atoms with E-state index >= 15 is 0 Å². The van der Waals surface area contributed by atoms with Crippen LogP contribution in [0.4, 0.5) is 0 Å². The second kappa shape index (κ2) is 6.17. The second-order valence-corrected chi connectivity index (χ2v) is 6.96. The van der Waals surface area contributed by atoms with E-state index in [0.29, 0.717) is 10.5 Å². The molecule has 2 nitrogen and oxygen atoms in total. The van der Waals surface area contributed by atoms with Gasteiger partial charge in [0, 0.05) is 23.7 Å². The maximum absolute atomic E-state index is 5.84. The maximum atomic E-state index is 5.84. The topological polar surface area (TPSA) is 24.9 Å². The van der Waals surface area contributed by atoms with Crippen molar-refractivity contribution in [2.75, 3.05) is 0 Å². The molecule has 1 aromatic heterocycles. The smallest absolute Gasteiger partial charge is 0.183 e. The van der Waals surface area contributed by atoms with E-state index in [1.165, 1.54) is 30.6 Å². The van der Waals surface area contributed by atoms with Crippen LogP contribution in [0.3, 0.4) is 0 Å². The molecule has 0 spiro atoms. The third kappa shape index (κ3) is 3.67. The van der Waals surface area contributed by atoms with Gasteiger partial charge in [-0.2, -0.15) is 0 Å². The van der Waals surface area contributed by atoms with Gasteiger partial charge in [0.05, 0.1) is 0 Å². The van der Waals surface area contributed by atoms with Crippen LogP contribution in [0.15, 0.2) is 6.20 Å². The number of aromatic nitrogens is 1. The molecule has 1 aromatic rings. The van der Waals surface area contributed by atoms with Gasteiger partial charge >= 0.3 is 0 Å². The summed E-state index contributed by atoms with van der Waals surface area (Å²) in [6.45, 7) is 5.60. The summed E-state index contributed by atoms with van der Waals surface area (Å²) in [5.41, 5.74) is 0. The van der Waals surface area contributed by atoms with Crippen LogP contribution in [-0.4, -0.2) is 11.0 Å². The molecule has 0 amide bonds. The van der Waals surface area contributed by atoms with Crippen molar-refractivity contribution in [1.82, 2.24) is 10.3 Å². The van der Waals surface area contributed by atoms with Crippen LogP contribution >= 0.6 is 22.9 Å². The second-order valence-electron chi connectivity index (χ2n) is 5.26. The van der Waals surface area contributed by atoms with Gasteiger partial charge in [-0.25, -0.2) is 4.98 Å². The lowest BCUT2D eigenvalue weighted by molar-refractivity contribution is 0.205. The van der Waals surface area contributed by atoms with Gasteiger partial charge in [0.2, 0.25) is 0 Å². The predicted molar refractivity (Wildman–Crippen MR) is 74.5 cm³/mol. The molecule has 1 heterocycles. The number of halogens is 1. The third-order valence-corrected chi connectivity index (χ3v) is 4.85. The Kier molecular flexibility index (Phi) is 4.83. The first-order chi connectivity index (χ1) is 8.16. The largest absolute Gasteiger partial charge is 0.309 e. The van der Waals surface area contributed by atoms with E-state index in [0.717, 1.165) is 18.4 Å². The van der Waals surface area contributed by atoms with Gasteiger partial charge in [-0.3, -0.25) is 0 Å². The fourth-order valence-corrected chi connectivity index (χ4v) is 3.74. The van der Waals surface area contributed by atoms with Crippen molar-refractivity contribution in [1.29, 1.82) is 0 Å². The molecule has 1 saturated carbocycles. The van der Waals surface area contributed by atoms with Gasteiger partial charge in [-0.15, -0.1) is 11.3 Å². The summed E-state index contributed by atoms with van der Waals surface area (Å²) in [5.74, 6) is 1.60. The molecule has 17 heavy (non-hydrogen) atoms. The Bertz CT molecular complexity index is 351. The molecule has 0 radical (unpaired) electrons. The van der Waals surface area contributed by atoms with Crippen molar-refractivity contribution in [3.05, 3.63) is 15.5 Å². The van der Waals surface area contributed by atoms with E-state index in [1.54, 1.807) is 11.3 Å². The SMILES string of the molecule is CC(C)C1CCCCC1NCc1cnc(Cl)s1. The molecule has 1 N–H and O–H groups in total. The number of nitrogens with one attached hydrogen (secondary N) is 1. The first-order valence-electron chi connectivity index (χ1n) is 6.50. The van der Waals surface area contributed by atoms with Crippen molar-refractivity contribution in [3.63, 3.8) is 0 Å². The molecule has 4 heteroatoms. The highest BCUT2D eigenvalue weighted by Gasteiger charge is 2.26. The highest BCUT2D eigenvalue weighted by atomic mass is 35.5. The Labute approximate surface area is 113 Å². The fraction of sp³-hybridized carbons (Fsp3) is 0.769. The molecule has 2 atom stereocenters. The van der Waals surface area contributed by atoms with Crippen molar-refractivity contribution < 1.29 is 0 Å². The van der Waals surface area contributed by atoms with E-state index in [4.69, 9.17) is 11.6 Å². The number of hydrogen-bond donors (Lipinski definition) is 1. The molecule has 0 saturated heterocycles. The van der Waals surface area contributed by atoms with E-state index in [1.807, 2.05) is 6.20 Å². The molecule has 1 aliphatic rings. The monoisotopic (exact) mass is 272 g/mol. The molecule has 96 valence electrons. The molecule has 2 rings (SSSR count). The van der Waals surface area contributed by atoms with E-state index in [9.17, 15) is 0 Å². The third-order valence-electron chi connectivity index (χ3n) is 3.74. The fourth-order valence-electron chi connectivity index (χ4n) is 2.81. The van der Waals surface area contributed by atoms with Crippen LogP contribution < -0.4 is 5.32 Å². The average molecular weight is 273 g/mol. The lowest BCUT2D eigenvalue weighted by Gasteiger charge is -2.35. The highest BCUT2D eigenvalue weighted by Crippen LogP contribution is 2.30. The minimum atomic E-state index is 0.644. The summed E-state index contributed by atoms with van der Waals surface area (Å²) in [5, 5.41) is 3.69. The summed E-state index contributed by atoms with van der Waals surface area (Å²) < 4.78 is 0.644. The van der Waals surface area contributed by atoms with Gasteiger partial charge in [-0.05, 0) is 24.7 Å². The van der Waals surface area contributed by atoms with Gasteiger partial charge in [0.1, 0.15) is 0 Å². The predicted octanol–water partition coefficient (Wildman–Crippen LogP) is 4.10. The van der Waals surface area contributed by atoms with Crippen LogP contribution in [0.5, 0.6) is 0 Å². The van der Waals surface area contributed by atoms with Crippen LogP contribution in [0, 0.1) is 11.8 Å². The zero-order chi connectivity index (χ0) is 12.3. The van der Waals surface area contributed by atoms with Crippen molar-refractivity contribution in [2.24, 2.45) is 11.8 Å². The van der Waals surface area contributed by atoms with Crippen molar-refractivity contribution in [2.45, 2.75) is 52.1 Å². The Morgan fingerprint density at radius 2 is 2.24 bits per heavy atom. The molecule has 2 unspecified atom stereocenters. The number of rotatable bonds is 4. The van der Waals surface area contributed by atoms with Crippen molar-refractivity contribution in [3.8, 4) is 0 Å². The summed E-state index contributed by atoms with van der Waals surface area (Å²) in [6.07, 6.45) is 7.33. The van der Waals surface area contributed by atoms with Crippen molar-refractivity contribution >= 4 is 22.9 Å². The lowest BCUT2D eigenvalue weighted by Crippen LogP contribution is -2.40. The number of nitrogens with zero attached hydrogens (tertiary/aromatic N) is 1. The normalized spacial score (nSPS) is 25.4. The molecule has 0 bridgehead atoms. The van der Waals surface area contributed by atoms with E-state index in [2.05, 4.69) is 24.1 Å². The standard InChI is InChI=1S/C13H21ClN2S/c1-9(2)11-5-3-4-6-12(11)15-7-10-8-16-13(14)17-10/h8-9,11-12,15H,3-7H2,1-2H3. The zero-order valence-corrected chi connectivity index (χ0v) is 12.2. The number of hydrogen-bond acceptors (Lipinski definition) is 3. The van der Waals surface area contributed by atoms with E-state index < -0.39 is 0 Å². The summed E-state index contributed by atoms with van der Waals surface area (Å²) >= 11 is 7.42. The Morgan fingerprint density at radius 3 is 2.88 bits per heavy atom. The molecule has 1 fully saturated rings. The lowest BCUT2D eigenvalue weighted by atomic mass is 9.78. The van der Waals surface area contributed by atoms with Crippen LogP contribution in [0.2, 0.25) is 4.47 Å². The van der Waals surface area contributed by atoms with Gasteiger partial charge in [0.15, 0.2) is 4.47 Å². The molecule has 0 aromatic carbocycles. The quantitative estimate of drug-likeness (QED) is 0.893. The zero-order valence-electron chi connectivity index (χ0n) is 10.6. The Morgan fingerprint density at radius 1 is 1.47 bits per heavy atom. The highest BCUT2D eigenvalue weighted by molar-refractivity contribution is 7.15. The van der Waals surface area contributed by atoms with Gasteiger partial charge in [0.25, 0.3) is 0 Å². The summed E-state index contributed by atoms with van der Waals surface area (Å²) in [6, 6.07) is 0.671. The first kappa shape index (κ1) is 13.3. The molecule has 0 aliphatic heterocycles. The van der Waals surface area contributed by atoms with Gasteiger partial charge in [-0.1, -0.05) is 38.3 Å². The number of thiazole rings is 1. The Hall–Kier alpha value is -0.120. The first-order valence-corrected chi connectivity index (χ1v) is 7.70. The van der Waals surface area contributed by atoms with Crippen LogP contribution in [0.1, 0.15) is 44.4 Å². The minimum Gasteiger partial charge on any atom is -0.309 e. The van der Waals surface area contributed by atoms with Gasteiger partial charge < -0.3 is 5.32 Å². The average Bonchev–Trinajstić information content (AvgIpc) is 2.73. The molecule has 1 aliphatic carbocycles. The van der Waals surface area contributed by atoms with E-state index in [-0.39, 0.29) is 0 Å². The Balaban J connectivity index is 1.88. The van der Waals surface area contributed by atoms with Crippen LogP contribution in [0.25, 0.3) is 0 Å². The summed E-state index contributed by atoms with van der Waals surface area (Å²) in [4.78, 5) is 5.32. The van der Waals surface area contributed by atoms with Crippen LogP contribution in [-0.2, 0) is 6.54 Å². The molecular formula is C13H21ClN2S. The maximum Gasteiger partial charge on any atom is 0.183 e. The molecular weight excluding hydrogens is 252 g/mol. The minimum absolute atomic E-state index is 0.644.